The number of hydrogen-bond acceptors (Lipinski definition) is 5. The zero-order valence-corrected chi connectivity index (χ0v) is 10.9. The summed E-state index contributed by atoms with van der Waals surface area (Å²) in [6, 6.07) is 4.81. The Morgan fingerprint density at radius 3 is 2.50 bits per heavy atom. The van der Waals surface area contributed by atoms with E-state index >= 15 is 0 Å². The van der Waals surface area contributed by atoms with Crippen LogP contribution in [0.25, 0.3) is 0 Å². The van der Waals surface area contributed by atoms with Crippen molar-refractivity contribution in [1.82, 2.24) is 15.3 Å². The SMILES string of the molecule is CNC1CCC(Nc2nc(C)cc(C#N)n2)CC1. The molecular formula is C13H19N5. The highest BCUT2D eigenvalue weighted by Gasteiger charge is 2.20. The average molecular weight is 245 g/mol. The van der Waals surface area contributed by atoms with Crippen molar-refractivity contribution < 1.29 is 0 Å². The van der Waals surface area contributed by atoms with Crippen LogP contribution in [-0.4, -0.2) is 29.1 Å². The van der Waals surface area contributed by atoms with Gasteiger partial charge in [0.1, 0.15) is 11.8 Å². The first-order valence-corrected chi connectivity index (χ1v) is 6.41. The van der Waals surface area contributed by atoms with E-state index < -0.39 is 0 Å². The van der Waals surface area contributed by atoms with Crippen molar-refractivity contribution >= 4 is 5.95 Å². The monoisotopic (exact) mass is 245 g/mol. The summed E-state index contributed by atoms with van der Waals surface area (Å²) in [7, 11) is 2.02. The molecule has 5 heteroatoms. The quantitative estimate of drug-likeness (QED) is 0.846. The molecule has 5 nitrogen and oxygen atoms in total. The van der Waals surface area contributed by atoms with E-state index in [2.05, 4.69) is 26.7 Å². The van der Waals surface area contributed by atoms with Crippen molar-refractivity contribution in [3.8, 4) is 6.07 Å². The van der Waals surface area contributed by atoms with Gasteiger partial charge in [-0.1, -0.05) is 0 Å². The van der Waals surface area contributed by atoms with Crippen LogP contribution in [0.5, 0.6) is 0 Å². The van der Waals surface area contributed by atoms with Crippen LogP contribution in [0, 0.1) is 18.3 Å². The Bertz CT molecular complexity index is 443. The number of nitrogens with zero attached hydrogens (tertiary/aromatic N) is 3. The summed E-state index contributed by atoms with van der Waals surface area (Å²) in [6.07, 6.45) is 4.57. The molecule has 0 spiro atoms. The summed E-state index contributed by atoms with van der Waals surface area (Å²) in [5.74, 6) is 0.583. The van der Waals surface area contributed by atoms with Crippen LogP contribution in [0.4, 0.5) is 5.95 Å². The van der Waals surface area contributed by atoms with Gasteiger partial charge in [0, 0.05) is 17.8 Å². The van der Waals surface area contributed by atoms with E-state index in [4.69, 9.17) is 5.26 Å². The molecule has 0 aromatic carbocycles. The van der Waals surface area contributed by atoms with Crippen LogP contribution in [0.3, 0.4) is 0 Å². The molecule has 2 N–H and O–H groups in total. The number of nitrogens with one attached hydrogen (secondary N) is 2. The summed E-state index contributed by atoms with van der Waals surface area (Å²) in [6.45, 7) is 1.88. The number of nitriles is 1. The highest BCUT2D eigenvalue weighted by molar-refractivity contribution is 5.33. The van der Waals surface area contributed by atoms with Crippen molar-refractivity contribution in [2.45, 2.75) is 44.7 Å². The van der Waals surface area contributed by atoms with Gasteiger partial charge in [0.15, 0.2) is 0 Å². The molecule has 18 heavy (non-hydrogen) atoms. The van der Waals surface area contributed by atoms with Crippen molar-refractivity contribution in [1.29, 1.82) is 5.26 Å². The minimum Gasteiger partial charge on any atom is -0.351 e. The predicted octanol–water partition coefficient (Wildman–Crippen LogP) is 1.60. The number of anilines is 1. The molecule has 1 saturated carbocycles. The normalized spacial score (nSPS) is 23.4. The Hall–Kier alpha value is -1.67. The first-order valence-electron chi connectivity index (χ1n) is 6.41. The summed E-state index contributed by atoms with van der Waals surface area (Å²) >= 11 is 0. The van der Waals surface area contributed by atoms with Gasteiger partial charge in [-0.15, -0.1) is 0 Å². The van der Waals surface area contributed by atoms with Gasteiger partial charge in [0.25, 0.3) is 0 Å². The van der Waals surface area contributed by atoms with Crippen LogP contribution < -0.4 is 10.6 Å². The smallest absolute Gasteiger partial charge is 0.224 e. The Morgan fingerprint density at radius 2 is 1.89 bits per heavy atom. The van der Waals surface area contributed by atoms with Crippen molar-refractivity contribution in [3.63, 3.8) is 0 Å². The van der Waals surface area contributed by atoms with E-state index in [0.29, 0.717) is 23.7 Å². The van der Waals surface area contributed by atoms with Gasteiger partial charge in [-0.3, -0.25) is 0 Å². The average Bonchev–Trinajstić information content (AvgIpc) is 2.39. The Labute approximate surface area is 108 Å². The van der Waals surface area contributed by atoms with Gasteiger partial charge in [0.2, 0.25) is 5.95 Å². The van der Waals surface area contributed by atoms with E-state index in [1.165, 1.54) is 12.8 Å². The van der Waals surface area contributed by atoms with E-state index in [9.17, 15) is 0 Å². The van der Waals surface area contributed by atoms with E-state index in [1.807, 2.05) is 14.0 Å². The van der Waals surface area contributed by atoms with Gasteiger partial charge < -0.3 is 10.6 Å². The molecule has 1 aromatic rings. The fourth-order valence-electron chi connectivity index (χ4n) is 2.40. The van der Waals surface area contributed by atoms with E-state index in [0.717, 1.165) is 18.5 Å². The molecule has 96 valence electrons. The second-order valence-electron chi connectivity index (χ2n) is 4.81. The molecule has 0 unspecified atom stereocenters. The molecule has 1 fully saturated rings. The van der Waals surface area contributed by atoms with Crippen molar-refractivity contribution in [3.05, 3.63) is 17.5 Å². The van der Waals surface area contributed by atoms with Crippen molar-refractivity contribution in [2.75, 3.05) is 12.4 Å². The number of hydrogen-bond donors (Lipinski definition) is 2. The molecule has 0 bridgehead atoms. The zero-order valence-electron chi connectivity index (χ0n) is 10.9. The fourth-order valence-corrected chi connectivity index (χ4v) is 2.40. The number of rotatable bonds is 3. The summed E-state index contributed by atoms with van der Waals surface area (Å²) in [5.41, 5.74) is 1.25. The lowest BCUT2D eigenvalue weighted by Crippen LogP contribution is -2.35. The lowest BCUT2D eigenvalue weighted by Gasteiger charge is -2.28. The maximum atomic E-state index is 8.88. The summed E-state index contributed by atoms with van der Waals surface area (Å²) in [5, 5.41) is 15.5. The minimum atomic E-state index is 0.419. The molecule has 0 saturated heterocycles. The summed E-state index contributed by atoms with van der Waals surface area (Å²) in [4.78, 5) is 8.51. The van der Waals surface area contributed by atoms with E-state index in [1.54, 1.807) is 6.07 Å². The molecule has 1 heterocycles. The number of aromatic nitrogens is 2. The molecule has 0 radical (unpaired) electrons. The first kappa shape index (κ1) is 12.8. The molecule has 0 atom stereocenters. The van der Waals surface area contributed by atoms with E-state index in [-0.39, 0.29) is 0 Å². The zero-order chi connectivity index (χ0) is 13.0. The standard InChI is InChI=1S/C13H19N5/c1-9-7-12(8-14)18-13(16-9)17-11-5-3-10(15-2)4-6-11/h7,10-11,15H,3-6H2,1-2H3,(H,16,17,18). The maximum absolute atomic E-state index is 8.88. The van der Waals surface area contributed by atoms with Gasteiger partial charge in [0.05, 0.1) is 0 Å². The van der Waals surface area contributed by atoms with Gasteiger partial charge in [-0.05, 0) is 45.7 Å². The molecule has 1 aromatic heterocycles. The van der Waals surface area contributed by atoms with Gasteiger partial charge in [-0.2, -0.15) is 5.26 Å². The molecule has 2 rings (SSSR count). The van der Waals surface area contributed by atoms with Crippen LogP contribution in [-0.2, 0) is 0 Å². The molecule has 0 amide bonds. The van der Waals surface area contributed by atoms with Crippen molar-refractivity contribution in [2.24, 2.45) is 0 Å². The third-order valence-corrected chi connectivity index (χ3v) is 3.44. The fraction of sp³-hybridized carbons (Fsp3) is 0.615. The lowest BCUT2D eigenvalue weighted by molar-refractivity contribution is 0.370. The topological polar surface area (TPSA) is 73.6 Å². The first-order chi connectivity index (χ1) is 8.71. The second-order valence-corrected chi connectivity index (χ2v) is 4.81. The second kappa shape index (κ2) is 5.78. The van der Waals surface area contributed by atoms with Crippen LogP contribution in [0.15, 0.2) is 6.07 Å². The van der Waals surface area contributed by atoms with Crippen LogP contribution >= 0.6 is 0 Å². The van der Waals surface area contributed by atoms with Gasteiger partial charge >= 0.3 is 0 Å². The molecular weight excluding hydrogens is 226 g/mol. The minimum absolute atomic E-state index is 0.419. The lowest BCUT2D eigenvalue weighted by atomic mass is 9.91. The Morgan fingerprint density at radius 1 is 1.22 bits per heavy atom. The highest BCUT2D eigenvalue weighted by atomic mass is 15.1. The maximum Gasteiger partial charge on any atom is 0.224 e. The molecule has 0 aliphatic heterocycles. The number of aryl methyl sites for hydroxylation is 1. The summed E-state index contributed by atoms with van der Waals surface area (Å²) < 4.78 is 0. The Balaban J connectivity index is 1.98. The third kappa shape index (κ3) is 3.17. The third-order valence-electron chi connectivity index (χ3n) is 3.44. The van der Waals surface area contributed by atoms with Crippen LogP contribution in [0.2, 0.25) is 0 Å². The highest BCUT2D eigenvalue weighted by Crippen LogP contribution is 2.21. The molecule has 1 aliphatic carbocycles. The predicted molar refractivity (Wildman–Crippen MR) is 70.2 cm³/mol. The van der Waals surface area contributed by atoms with Crippen LogP contribution in [0.1, 0.15) is 37.1 Å². The van der Waals surface area contributed by atoms with Gasteiger partial charge in [-0.25, -0.2) is 9.97 Å². The molecule has 1 aliphatic rings. The largest absolute Gasteiger partial charge is 0.351 e. The Kier molecular flexibility index (Phi) is 4.11.